The molecule has 138 valence electrons. The monoisotopic (exact) mass is 406 g/mol. The molecule has 0 spiro atoms. The third-order valence-corrected chi connectivity index (χ3v) is 5.64. The molecule has 5 nitrogen and oxygen atoms in total. The molecule has 2 atom stereocenters. The Morgan fingerprint density at radius 1 is 1.37 bits per heavy atom. The van der Waals surface area contributed by atoms with Crippen molar-refractivity contribution in [2.45, 2.75) is 17.7 Å². The molecule has 1 amide bonds. The van der Waals surface area contributed by atoms with Gasteiger partial charge < -0.3 is 11.1 Å². The number of halogens is 3. The maximum Gasteiger partial charge on any atom is 0.274 e. The Hall–Kier alpha value is -2.45. The van der Waals surface area contributed by atoms with Gasteiger partial charge in [0, 0.05) is 23.5 Å². The van der Waals surface area contributed by atoms with Gasteiger partial charge in [-0.2, -0.15) is 0 Å². The van der Waals surface area contributed by atoms with Crippen molar-refractivity contribution in [3.05, 3.63) is 70.0 Å². The molecule has 9 heteroatoms. The summed E-state index contributed by atoms with van der Waals surface area (Å²) in [7, 11) is 0. The minimum Gasteiger partial charge on any atom is -0.378 e. The number of fused-ring (bicyclic) bond motifs is 1. The van der Waals surface area contributed by atoms with Crippen LogP contribution in [-0.4, -0.2) is 21.3 Å². The fourth-order valence-electron chi connectivity index (χ4n) is 3.03. The van der Waals surface area contributed by atoms with E-state index in [4.69, 9.17) is 17.3 Å². The number of carbonyl (C=O) groups is 1. The van der Waals surface area contributed by atoms with Gasteiger partial charge in [0.2, 0.25) is 0 Å². The summed E-state index contributed by atoms with van der Waals surface area (Å²) in [6.07, 6.45) is 3.24. The summed E-state index contributed by atoms with van der Waals surface area (Å²) >= 11 is 7.12. The third-order valence-electron chi connectivity index (χ3n) is 4.44. The fraction of sp³-hybridized carbons (Fsp3) is 0.167. The molecule has 0 unspecified atom stereocenters. The highest BCUT2D eigenvalue weighted by atomic mass is 35.5. The quantitative estimate of drug-likeness (QED) is 0.759. The minimum atomic E-state index is -1.11. The van der Waals surface area contributed by atoms with Crippen molar-refractivity contribution in [2.75, 3.05) is 5.32 Å². The highest BCUT2D eigenvalue weighted by molar-refractivity contribution is 8.14. The molecule has 1 aromatic carbocycles. The number of nitrogens with zero attached hydrogens (tertiary/aromatic N) is 2. The average molecular weight is 407 g/mol. The zero-order chi connectivity index (χ0) is 19.3. The molecular weight excluding hydrogens is 394 g/mol. The minimum absolute atomic E-state index is 0.0128. The second kappa shape index (κ2) is 6.31. The maximum absolute atomic E-state index is 14.6. The van der Waals surface area contributed by atoms with Crippen molar-refractivity contribution < 1.29 is 13.6 Å². The Kier molecular flexibility index (Phi) is 4.20. The van der Waals surface area contributed by atoms with Crippen molar-refractivity contribution in [1.82, 2.24) is 4.98 Å². The van der Waals surface area contributed by atoms with E-state index in [2.05, 4.69) is 15.3 Å². The number of amidine groups is 1. The second-order valence-electron chi connectivity index (χ2n) is 6.32. The van der Waals surface area contributed by atoms with Gasteiger partial charge in [-0.1, -0.05) is 29.4 Å². The lowest BCUT2D eigenvalue weighted by atomic mass is 9.88. The van der Waals surface area contributed by atoms with Gasteiger partial charge in [-0.3, -0.25) is 4.79 Å². The Morgan fingerprint density at radius 2 is 2.15 bits per heavy atom. The Balaban J connectivity index is 1.70. The summed E-state index contributed by atoms with van der Waals surface area (Å²) in [5.41, 5.74) is 5.79. The van der Waals surface area contributed by atoms with Crippen LogP contribution in [0.1, 0.15) is 23.0 Å². The fourth-order valence-corrected chi connectivity index (χ4v) is 4.21. The van der Waals surface area contributed by atoms with Crippen molar-refractivity contribution in [3.63, 3.8) is 0 Å². The molecule has 2 aliphatic rings. The molecule has 2 heterocycles. The Labute approximate surface area is 162 Å². The number of benzene rings is 1. The number of aliphatic imine (C=N–C) groups is 1. The van der Waals surface area contributed by atoms with Gasteiger partial charge in [-0.15, -0.1) is 0 Å². The van der Waals surface area contributed by atoms with Crippen LogP contribution >= 0.6 is 23.4 Å². The highest BCUT2D eigenvalue weighted by Crippen LogP contribution is 2.52. The summed E-state index contributed by atoms with van der Waals surface area (Å²) in [5, 5.41) is 3.26. The second-order valence-corrected chi connectivity index (χ2v) is 7.92. The standard InChI is InChI=1S/C18H13ClF2N4OS/c1-18(10-6-14(10)27-17(22)25-18)11-4-9(5-12(20)15(11)21)24-16(26)13-3-2-8(19)7-23-13/h2-7,14H,1H3,(H2,22,25)(H,24,26)/t14-,18-/m0/s1. The molecule has 3 N–H and O–H groups in total. The van der Waals surface area contributed by atoms with E-state index >= 15 is 0 Å². The first-order valence-corrected chi connectivity index (χ1v) is 9.20. The van der Waals surface area contributed by atoms with E-state index in [1.54, 1.807) is 6.92 Å². The molecule has 0 fully saturated rings. The molecule has 2 aromatic rings. The van der Waals surface area contributed by atoms with Gasteiger partial charge in [0.15, 0.2) is 16.8 Å². The van der Waals surface area contributed by atoms with E-state index in [1.807, 2.05) is 6.08 Å². The zero-order valence-corrected chi connectivity index (χ0v) is 15.5. The van der Waals surface area contributed by atoms with Crippen LogP contribution in [0, 0.1) is 11.6 Å². The first kappa shape index (κ1) is 17.9. The van der Waals surface area contributed by atoms with Gasteiger partial charge in [0.25, 0.3) is 5.91 Å². The summed E-state index contributed by atoms with van der Waals surface area (Å²) in [6, 6.07) is 5.23. The van der Waals surface area contributed by atoms with Crippen LogP contribution in [0.4, 0.5) is 14.5 Å². The third kappa shape index (κ3) is 3.19. The van der Waals surface area contributed by atoms with E-state index < -0.39 is 23.1 Å². The number of nitrogens with one attached hydrogen (secondary N) is 1. The van der Waals surface area contributed by atoms with E-state index in [9.17, 15) is 13.6 Å². The van der Waals surface area contributed by atoms with Crippen molar-refractivity contribution >= 4 is 40.1 Å². The molecule has 1 aliphatic carbocycles. The zero-order valence-electron chi connectivity index (χ0n) is 14.0. The number of nitrogens with two attached hydrogens (primary N) is 1. The van der Waals surface area contributed by atoms with Gasteiger partial charge in [0.1, 0.15) is 11.2 Å². The van der Waals surface area contributed by atoms with Crippen LogP contribution in [0.15, 0.2) is 47.1 Å². The average Bonchev–Trinajstić information content (AvgIpc) is 3.38. The van der Waals surface area contributed by atoms with E-state index in [-0.39, 0.29) is 22.2 Å². The highest BCUT2D eigenvalue weighted by Gasteiger charge is 2.48. The Bertz CT molecular complexity index is 1020. The smallest absolute Gasteiger partial charge is 0.274 e. The van der Waals surface area contributed by atoms with Gasteiger partial charge in [0.05, 0.1) is 10.3 Å². The molecule has 0 bridgehead atoms. The number of aromatic nitrogens is 1. The number of rotatable bonds is 3. The molecule has 1 aromatic heterocycles. The van der Waals surface area contributed by atoms with E-state index in [0.717, 1.165) is 11.6 Å². The summed E-state index contributed by atoms with van der Waals surface area (Å²) in [4.78, 5) is 20.6. The molecule has 0 saturated heterocycles. The lowest BCUT2D eigenvalue weighted by Gasteiger charge is -2.29. The van der Waals surface area contributed by atoms with Crippen LogP contribution < -0.4 is 11.1 Å². The van der Waals surface area contributed by atoms with Crippen molar-refractivity contribution in [3.8, 4) is 0 Å². The van der Waals surface area contributed by atoms with Gasteiger partial charge >= 0.3 is 0 Å². The number of hydrogen-bond donors (Lipinski definition) is 2. The van der Waals surface area contributed by atoms with Crippen LogP contribution in [0.25, 0.3) is 0 Å². The molecule has 4 rings (SSSR count). The van der Waals surface area contributed by atoms with E-state index in [1.165, 1.54) is 36.2 Å². The normalized spacial score (nSPS) is 23.2. The number of hydrogen-bond acceptors (Lipinski definition) is 5. The first-order chi connectivity index (χ1) is 12.8. The predicted octanol–water partition coefficient (Wildman–Crippen LogP) is 3.85. The number of amides is 1. The van der Waals surface area contributed by atoms with E-state index in [0.29, 0.717) is 10.2 Å². The topological polar surface area (TPSA) is 80.4 Å². The van der Waals surface area contributed by atoms with Crippen molar-refractivity contribution in [2.24, 2.45) is 10.7 Å². The molecular formula is C18H13ClF2N4OS. The predicted molar refractivity (Wildman–Crippen MR) is 102 cm³/mol. The van der Waals surface area contributed by atoms with Gasteiger partial charge in [-0.25, -0.2) is 18.8 Å². The van der Waals surface area contributed by atoms with Crippen molar-refractivity contribution in [1.29, 1.82) is 0 Å². The largest absolute Gasteiger partial charge is 0.378 e. The lowest BCUT2D eigenvalue weighted by Crippen LogP contribution is -2.30. The van der Waals surface area contributed by atoms with Crippen LogP contribution in [-0.2, 0) is 5.54 Å². The van der Waals surface area contributed by atoms with Crippen LogP contribution in [0.5, 0.6) is 0 Å². The molecule has 0 saturated carbocycles. The van der Waals surface area contributed by atoms with Crippen LogP contribution in [0.2, 0.25) is 5.02 Å². The summed E-state index contributed by atoms with van der Waals surface area (Å²) in [6.45, 7) is 1.68. The number of thioether (sulfide) groups is 1. The summed E-state index contributed by atoms with van der Waals surface area (Å²) in [5.74, 6) is -2.67. The SMILES string of the molecule is C[C@]1(c2cc(NC(=O)c3ccc(Cl)cn3)cc(F)c2F)N=C(N)S[C@H]2C=C21. The maximum atomic E-state index is 14.6. The molecule has 0 radical (unpaired) electrons. The Morgan fingerprint density at radius 3 is 2.85 bits per heavy atom. The number of pyridine rings is 1. The van der Waals surface area contributed by atoms with Gasteiger partial charge in [-0.05, 0) is 30.7 Å². The molecule has 1 aliphatic heterocycles. The first-order valence-electron chi connectivity index (χ1n) is 7.94. The molecule has 27 heavy (non-hydrogen) atoms. The van der Waals surface area contributed by atoms with Crippen LogP contribution in [0.3, 0.4) is 0 Å². The number of carbonyl (C=O) groups excluding carboxylic acids is 1. The lowest BCUT2D eigenvalue weighted by molar-refractivity contribution is 0.102. The number of anilines is 1. The summed E-state index contributed by atoms with van der Waals surface area (Å²) < 4.78 is 28.8.